The second-order valence-corrected chi connectivity index (χ2v) is 10.0. The molecule has 0 aromatic heterocycles. The summed E-state index contributed by atoms with van der Waals surface area (Å²) >= 11 is 0. The van der Waals surface area contributed by atoms with Crippen molar-refractivity contribution in [2.24, 2.45) is 11.8 Å². The summed E-state index contributed by atoms with van der Waals surface area (Å²) in [4.78, 5) is 36.8. The third kappa shape index (κ3) is 5.19. The quantitative estimate of drug-likeness (QED) is 0.522. The first-order chi connectivity index (χ1) is 17.0. The molecule has 3 atom stereocenters. The minimum atomic E-state index is -0.974. The van der Waals surface area contributed by atoms with Gasteiger partial charge in [0.1, 0.15) is 12.6 Å². The lowest BCUT2D eigenvalue weighted by Gasteiger charge is -2.32. The van der Waals surface area contributed by atoms with Crippen LogP contribution in [0.1, 0.15) is 62.0 Å². The highest BCUT2D eigenvalue weighted by Gasteiger charge is 2.38. The third-order valence-corrected chi connectivity index (χ3v) is 7.68. The summed E-state index contributed by atoms with van der Waals surface area (Å²) < 4.78 is 5.70. The fourth-order valence-electron chi connectivity index (χ4n) is 5.71. The van der Waals surface area contributed by atoms with Gasteiger partial charge in [-0.1, -0.05) is 61.4 Å². The molecule has 3 N–H and O–H groups in total. The number of rotatable bonds is 8. The Balaban J connectivity index is 1.17. The van der Waals surface area contributed by atoms with Gasteiger partial charge >= 0.3 is 12.1 Å². The molecule has 0 heterocycles. The van der Waals surface area contributed by atoms with E-state index in [1.807, 2.05) is 24.3 Å². The van der Waals surface area contributed by atoms with E-state index < -0.39 is 18.1 Å². The average molecular weight is 477 g/mol. The zero-order valence-electron chi connectivity index (χ0n) is 19.7. The number of carbonyl (C=O) groups is 3. The molecule has 1 unspecified atom stereocenters. The molecule has 0 aliphatic heterocycles. The second-order valence-electron chi connectivity index (χ2n) is 10.0. The van der Waals surface area contributed by atoms with Crippen molar-refractivity contribution >= 4 is 18.0 Å². The second kappa shape index (κ2) is 10.1. The lowest BCUT2D eigenvalue weighted by Crippen LogP contribution is -2.47. The van der Waals surface area contributed by atoms with Crippen molar-refractivity contribution in [3.63, 3.8) is 0 Å². The van der Waals surface area contributed by atoms with E-state index in [2.05, 4.69) is 34.9 Å². The maximum atomic E-state index is 12.8. The molecule has 2 aromatic carbocycles. The predicted molar refractivity (Wildman–Crippen MR) is 131 cm³/mol. The number of carbonyl (C=O) groups excluding carboxylic acids is 2. The minimum Gasteiger partial charge on any atom is -0.480 e. The van der Waals surface area contributed by atoms with E-state index >= 15 is 0 Å². The Morgan fingerprint density at radius 2 is 1.54 bits per heavy atom. The number of amides is 2. The number of carboxylic acid groups (broad SMARTS) is 1. The van der Waals surface area contributed by atoms with Gasteiger partial charge in [-0.15, -0.1) is 0 Å². The lowest BCUT2D eigenvalue weighted by molar-refractivity contribution is -0.142. The topological polar surface area (TPSA) is 105 Å². The van der Waals surface area contributed by atoms with Crippen LogP contribution in [0, 0.1) is 11.8 Å². The zero-order valence-corrected chi connectivity index (χ0v) is 19.7. The predicted octanol–water partition coefficient (Wildman–Crippen LogP) is 4.45. The Labute approximate surface area is 205 Å². The van der Waals surface area contributed by atoms with Gasteiger partial charge in [0.2, 0.25) is 5.91 Å². The highest BCUT2D eigenvalue weighted by Crippen LogP contribution is 2.44. The molecule has 0 radical (unpaired) electrons. The number of nitrogens with one attached hydrogen (secondary N) is 2. The third-order valence-electron chi connectivity index (χ3n) is 7.68. The van der Waals surface area contributed by atoms with Gasteiger partial charge in [-0.05, 0) is 59.8 Å². The van der Waals surface area contributed by atoms with Gasteiger partial charge in [-0.3, -0.25) is 4.79 Å². The molecular weight excluding hydrogens is 444 g/mol. The summed E-state index contributed by atoms with van der Waals surface area (Å²) in [5.74, 6) is -1.22. The van der Waals surface area contributed by atoms with Crippen molar-refractivity contribution in [3.05, 3.63) is 59.7 Å². The molecule has 0 saturated heterocycles. The molecule has 7 nitrogen and oxygen atoms in total. The molecule has 2 saturated carbocycles. The Hall–Kier alpha value is -3.35. The molecule has 0 spiro atoms. The van der Waals surface area contributed by atoms with Crippen LogP contribution in [0.2, 0.25) is 0 Å². The van der Waals surface area contributed by atoms with Crippen LogP contribution in [0.4, 0.5) is 4.79 Å². The maximum absolute atomic E-state index is 12.8. The number of fused-ring (bicyclic) bond motifs is 3. The molecule has 3 aliphatic rings. The van der Waals surface area contributed by atoms with E-state index in [1.165, 1.54) is 11.1 Å². The summed E-state index contributed by atoms with van der Waals surface area (Å²) in [5.41, 5.74) is 4.69. The fourth-order valence-corrected chi connectivity index (χ4v) is 5.71. The molecule has 35 heavy (non-hydrogen) atoms. The molecule has 0 bridgehead atoms. The molecule has 2 amide bonds. The Bertz CT molecular complexity index is 1070. The van der Waals surface area contributed by atoms with Crippen molar-refractivity contribution in [2.45, 2.75) is 62.9 Å². The number of ether oxygens (including phenoxy) is 1. The smallest absolute Gasteiger partial charge is 0.407 e. The van der Waals surface area contributed by atoms with Gasteiger partial charge in [0.05, 0.1) is 0 Å². The first-order valence-corrected chi connectivity index (χ1v) is 12.6. The van der Waals surface area contributed by atoms with Crippen LogP contribution in [-0.2, 0) is 14.3 Å². The fraction of sp³-hybridized carbons (Fsp3) is 0.464. The van der Waals surface area contributed by atoms with Crippen LogP contribution in [-0.4, -0.2) is 41.8 Å². The summed E-state index contributed by atoms with van der Waals surface area (Å²) in [5, 5.41) is 15.1. The first-order valence-electron chi connectivity index (χ1n) is 12.6. The number of aliphatic carboxylic acids is 1. The van der Waals surface area contributed by atoms with Crippen LogP contribution in [0.25, 0.3) is 11.1 Å². The van der Waals surface area contributed by atoms with Crippen LogP contribution in [0.15, 0.2) is 48.5 Å². The van der Waals surface area contributed by atoms with Gasteiger partial charge < -0.3 is 20.5 Å². The number of hydrogen-bond acceptors (Lipinski definition) is 4. The summed E-state index contributed by atoms with van der Waals surface area (Å²) in [6.07, 6.45) is 5.00. The number of benzene rings is 2. The highest BCUT2D eigenvalue weighted by molar-refractivity contribution is 5.84. The van der Waals surface area contributed by atoms with E-state index in [9.17, 15) is 19.5 Å². The van der Waals surface area contributed by atoms with Gasteiger partial charge in [-0.25, -0.2) is 9.59 Å². The zero-order chi connectivity index (χ0) is 24.4. The molecule has 2 aromatic rings. The van der Waals surface area contributed by atoms with E-state index in [4.69, 9.17) is 4.74 Å². The molecule has 2 fully saturated rings. The van der Waals surface area contributed by atoms with Crippen LogP contribution >= 0.6 is 0 Å². The summed E-state index contributed by atoms with van der Waals surface area (Å²) in [6.45, 7) is 0.249. The van der Waals surface area contributed by atoms with Crippen molar-refractivity contribution in [2.75, 3.05) is 6.61 Å². The standard InChI is InChI=1S/C28H32N2O5/c31-25(30-26(27(32)33)17-13-14-17)15-18-7-1-6-12-24(18)29-28(34)35-16-23-21-10-4-2-8-19(21)20-9-3-5-11-22(20)23/h2-5,8-11,17-18,23-24,26H,1,6-7,12-16H2,(H,29,34)(H,30,31)(H,32,33)/t18-,24-,26?/m1/s1. The largest absolute Gasteiger partial charge is 0.480 e. The van der Waals surface area contributed by atoms with Crippen molar-refractivity contribution in [1.82, 2.24) is 10.6 Å². The van der Waals surface area contributed by atoms with Crippen molar-refractivity contribution in [1.29, 1.82) is 0 Å². The van der Waals surface area contributed by atoms with Crippen molar-refractivity contribution < 1.29 is 24.2 Å². The Morgan fingerprint density at radius 1 is 0.914 bits per heavy atom. The van der Waals surface area contributed by atoms with E-state index in [0.29, 0.717) is 0 Å². The van der Waals surface area contributed by atoms with Gasteiger partial charge in [0.15, 0.2) is 0 Å². The summed E-state index contributed by atoms with van der Waals surface area (Å²) in [6, 6.07) is 15.5. The summed E-state index contributed by atoms with van der Waals surface area (Å²) in [7, 11) is 0. The van der Waals surface area contributed by atoms with Crippen LogP contribution in [0.3, 0.4) is 0 Å². The molecule has 184 valence electrons. The van der Waals surface area contributed by atoms with Gasteiger partial charge in [0.25, 0.3) is 0 Å². The number of carboxylic acids is 1. The lowest BCUT2D eigenvalue weighted by atomic mass is 9.82. The average Bonchev–Trinajstić information content (AvgIpc) is 3.65. The highest BCUT2D eigenvalue weighted by atomic mass is 16.5. The molecule has 3 aliphatic carbocycles. The van der Waals surface area contributed by atoms with E-state index in [1.54, 1.807) is 0 Å². The van der Waals surface area contributed by atoms with Crippen LogP contribution < -0.4 is 10.6 Å². The molecular formula is C28H32N2O5. The monoisotopic (exact) mass is 476 g/mol. The minimum absolute atomic E-state index is 0.00328. The first kappa shape index (κ1) is 23.4. The number of alkyl carbamates (subject to hydrolysis) is 1. The Morgan fingerprint density at radius 3 is 2.17 bits per heavy atom. The Kier molecular flexibility index (Phi) is 6.75. The molecule has 5 rings (SSSR count). The van der Waals surface area contributed by atoms with E-state index in [-0.39, 0.29) is 42.7 Å². The van der Waals surface area contributed by atoms with Gasteiger partial charge in [-0.2, -0.15) is 0 Å². The van der Waals surface area contributed by atoms with E-state index in [0.717, 1.165) is 49.7 Å². The van der Waals surface area contributed by atoms with Crippen molar-refractivity contribution in [3.8, 4) is 11.1 Å². The number of hydrogen-bond donors (Lipinski definition) is 3. The maximum Gasteiger partial charge on any atom is 0.407 e. The molecule has 7 heteroatoms. The normalized spacial score (nSPS) is 21.9. The SMILES string of the molecule is O=C(C[C@H]1CCCC[C@H]1NC(=O)OCC1c2ccccc2-c2ccccc21)NC(C(=O)O)C1CC1. The van der Waals surface area contributed by atoms with Gasteiger partial charge in [0, 0.05) is 18.4 Å². The van der Waals surface area contributed by atoms with Crippen LogP contribution in [0.5, 0.6) is 0 Å².